The summed E-state index contributed by atoms with van der Waals surface area (Å²) < 4.78 is 5.77. The van der Waals surface area contributed by atoms with Crippen LogP contribution in [0.4, 0.5) is 10.8 Å². The van der Waals surface area contributed by atoms with Crippen molar-refractivity contribution >= 4 is 34.0 Å². The summed E-state index contributed by atoms with van der Waals surface area (Å²) in [5.74, 6) is 0.0428. The molecular formula is C17H20N4O3S. The predicted octanol–water partition coefficient (Wildman–Crippen LogP) is 2.31. The van der Waals surface area contributed by atoms with Gasteiger partial charge in [0.15, 0.2) is 11.2 Å². The molecule has 0 fully saturated rings. The molecule has 3 N–H and O–H groups in total. The van der Waals surface area contributed by atoms with E-state index in [1.54, 1.807) is 23.7 Å². The summed E-state index contributed by atoms with van der Waals surface area (Å²) in [6, 6.07) is 5.30. The van der Waals surface area contributed by atoms with E-state index in [0.717, 1.165) is 5.56 Å². The van der Waals surface area contributed by atoms with Crippen molar-refractivity contribution in [1.29, 1.82) is 0 Å². The van der Waals surface area contributed by atoms with Gasteiger partial charge < -0.3 is 15.8 Å². The predicted molar refractivity (Wildman–Crippen MR) is 96.8 cm³/mol. The minimum Gasteiger partial charge on any atom is -0.478 e. The maximum absolute atomic E-state index is 12.7. The van der Waals surface area contributed by atoms with Crippen LogP contribution in [0.1, 0.15) is 31.9 Å². The number of hydrogen-bond acceptors (Lipinski definition) is 6. The highest BCUT2D eigenvalue weighted by molar-refractivity contribution is 7.13. The van der Waals surface area contributed by atoms with Crippen molar-refractivity contribution in [1.82, 2.24) is 4.98 Å². The number of aromatic nitrogens is 1. The van der Waals surface area contributed by atoms with Crippen molar-refractivity contribution in [2.24, 2.45) is 5.73 Å². The molecule has 7 nitrogen and oxygen atoms in total. The quantitative estimate of drug-likeness (QED) is 0.853. The molecule has 0 aliphatic carbocycles. The summed E-state index contributed by atoms with van der Waals surface area (Å²) in [4.78, 5) is 30.5. The van der Waals surface area contributed by atoms with E-state index in [1.165, 1.54) is 16.2 Å². The van der Waals surface area contributed by atoms with E-state index in [9.17, 15) is 9.59 Å². The average molecular weight is 360 g/mol. The summed E-state index contributed by atoms with van der Waals surface area (Å²) >= 11 is 1.32. The van der Waals surface area contributed by atoms with Crippen LogP contribution in [0, 0.1) is 0 Å². The number of nitrogens with zero attached hydrogens (tertiary/aromatic N) is 2. The second-order valence-corrected chi connectivity index (χ2v) is 6.73. The lowest BCUT2D eigenvalue weighted by atomic mass is 10.0. The number of ether oxygens (including phenoxy) is 1. The summed E-state index contributed by atoms with van der Waals surface area (Å²) in [7, 11) is 0. The van der Waals surface area contributed by atoms with Crippen LogP contribution in [0.3, 0.4) is 0 Å². The first kappa shape index (κ1) is 17.4. The molecule has 132 valence electrons. The minimum atomic E-state index is -0.596. The monoisotopic (exact) mass is 360 g/mol. The van der Waals surface area contributed by atoms with Crippen LogP contribution in [0.15, 0.2) is 29.8 Å². The van der Waals surface area contributed by atoms with E-state index >= 15 is 0 Å². The lowest BCUT2D eigenvalue weighted by molar-refractivity contribution is -0.128. The molecule has 2 heterocycles. The second kappa shape index (κ2) is 7.20. The van der Waals surface area contributed by atoms with Gasteiger partial charge in [-0.25, -0.2) is 4.98 Å². The van der Waals surface area contributed by atoms with E-state index in [1.807, 2.05) is 19.9 Å². The van der Waals surface area contributed by atoms with Gasteiger partial charge >= 0.3 is 0 Å². The minimum absolute atomic E-state index is 0.103. The van der Waals surface area contributed by atoms with Gasteiger partial charge in [-0.2, -0.15) is 0 Å². The van der Waals surface area contributed by atoms with Gasteiger partial charge in [-0.1, -0.05) is 13.0 Å². The van der Waals surface area contributed by atoms with Crippen LogP contribution in [-0.2, 0) is 9.59 Å². The Morgan fingerprint density at radius 1 is 1.52 bits per heavy atom. The average Bonchev–Trinajstić information content (AvgIpc) is 3.09. The zero-order chi connectivity index (χ0) is 18.0. The molecule has 0 spiro atoms. The largest absolute Gasteiger partial charge is 0.478 e. The van der Waals surface area contributed by atoms with Crippen LogP contribution < -0.4 is 20.7 Å². The number of anilines is 2. The van der Waals surface area contributed by atoms with Crippen LogP contribution in [0.25, 0.3) is 0 Å². The Balaban J connectivity index is 1.89. The van der Waals surface area contributed by atoms with Gasteiger partial charge in [0.2, 0.25) is 5.91 Å². The number of fused-ring (bicyclic) bond motifs is 1. The van der Waals surface area contributed by atoms with Crippen molar-refractivity contribution in [2.45, 2.75) is 32.4 Å². The fourth-order valence-corrected chi connectivity index (χ4v) is 3.18. The van der Waals surface area contributed by atoms with Gasteiger partial charge in [-0.3, -0.25) is 14.5 Å². The first-order chi connectivity index (χ1) is 12.0. The smallest absolute Gasteiger partial charge is 0.268 e. The van der Waals surface area contributed by atoms with Gasteiger partial charge in [0, 0.05) is 17.6 Å². The first-order valence-corrected chi connectivity index (χ1v) is 8.94. The van der Waals surface area contributed by atoms with Crippen LogP contribution in [0.5, 0.6) is 5.75 Å². The Labute approximate surface area is 149 Å². The summed E-state index contributed by atoms with van der Waals surface area (Å²) in [6.07, 6.45) is 1.54. The van der Waals surface area contributed by atoms with Gasteiger partial charge in [-0.05, 0) is 31.0 Å². The normalized spacial score (nSPS) is 17.6. The van der Waals surface area contributed by atoms with E-state index in [2.05, 4.69) is 10.3 Å². The number of amides is 2. The lowest BCUT2D eigenvalue weighted by Gasteiger charge is -2.34. The number of carbonyl (C=O) groups is 2. The van der Waals surface area contributed by atoms with Crippen molar-refractivity contribution < 1.29 is 14.3 Å². The maximum atomic E-state index is 12.7. The summed E-state index contributed by atoms with van der Waals surface area (Å²) in [5.41, 5.74) is 7.38. The third kappa shape index (κ3) is 3.64. The highest BCUT2D eigenvalue weighted by Crippen LogP contribution is 2.36. The van der Waals surface area contributed by atoms with E-state index < -0.39 is 6.10 Å². The van der Waals surface area contributed by atoms with Gasteiger partial charge in [0.25, 0.3) is 5.91 Å². The highest BCUT2D eigenvalue weighted by Gasteiger charge is 2.34. The Morgan fingerprint density at radius 2 is 2.32 bits per heavy atom. The standard InChI is InChI=1S/C17H20N4O3S/c1-3-13-16(23)21(9-15(22)20-17-19-6-7-25-17)12-8-11(10(2)18)4-5-14(12)24-13/h4-8,10,13H,3,9,18H2,1-2H3,(H,19,20,22). The number of carbonyl (C=O) groups excluding carboxylic acids is 2. The molecule has 25 heavy (non-hydrogen) atoms. The fraction of sp³-hybridized carbons (Fsp3) is 0.353. The van der Waals surface area contributed by atoms with Crippen LogP contribution in [0.2, 0.25) is 0 Å². The Bertz CT molecular complexity index is 776. The summed E-state index contributed by atoms with van der Waals surface area (Å²) in [6.45, 7) is 3.63. The molecule has 2 unspecified atom stereocenters. The molecular weight excluding hydrogens is 340 g/mol. The SMILES string of the molecule is CCC1Oc2ccc(C(C)N)cc2N(CC(=O)Nc2nccs2)C1=O. The van der Waals surface area contributed by atoms with Crippen molar-refractivity contribution in [2.75, 3.05) is 16.8 Å². The number of benzene rings is 1. The highest BCUT2D eigenvalue weighted by atomic mass is 32.1. The van der Waals surface area contributed by atoms with Crippen molar-refractivity contribution in [3.05, 3.63) is 35.3 Å². The topological polar surface area (TPSA) is 97.6 Å². The van der Waals surface area contributed by atoms with Crippen LogP contribution >= 0.6 is 11.3 Å². The van der Waals surface area contributed by atoms with Crippen molar-refractivity contribution in [3.63, 3.8) is 0 Å². The fourth-order valence-electron chi connectivity index (χ4n) is 2.63. The Morgan fingerprint density at radius 3 is 2.96 bits per heavy atom. The molecule has 0 saturated heterocycles. The third-order valence-electron chi connectivity index (χ3n) is 3.96. The van der Waals surface area contributed by atoms with Gasteiger partial charge in [0.05, 0.1) is 5.69 Å². The number of rotatable bonds is 5. The number of nitrogens with two attached hydrogens (primary N) is 1. The molecule has 1 aromatic heterocycles. The number of nitrogens with one attached hydrogen (secondary N) is 1. The van der Waals surface area contributed by atoms with E-state index in [0.29, 0.717) is 23.0 Å². The van der Waals surface area contributed by atoms with Crippen LogP contribution in [-0.4, -0.2) is 29.4 Å². The summed E-state index contributed by atoms with van der Waals surface area (Å²) in [5, 5.41) is 4.97. The Kier molecular flexibility index (Phi) is 5.00. The molecule has 0 radical (unpaired) electrons. The first-order valence-electron chi connectivity index (χ1n) is 8.06. The molecule has 1 aliphatic rings. The zero-order valence-electron chi connectivity index (χ0n) is 14.1. The molecule has 2 atom stereocenters. The lowest BCUT2D eigenvalue weighted by Crippen LogP contribution is -2.48. The third-order valence-corrected chi connectivity index (χ3v) is 4.65. The molecule has 2 amide bonds. The van der Waals surface area contributed by atoms with Gasteiger partial charge in [0.1, 0.15) is 12.3 Å². The zero-order valence-corrected chi connectivity index (χ0v) is 14.9. The van der Waals surface area contributed by atoms with E-state index in [-0.39, 0.29) is 24.4 Å². The number of hydrogen-bond donors (Lipinski definition) is 2. The number of thiazole rings is 1. The second-order valence-electron chi connectivity index (χ2n) is 5.84. The molecule has 8 heteroatoms. The van der Waals surface area contributed by atoms with Gasteiger partial charge in [-0.15, -0.1) is 11.3 Å². The van der Waals surface area contributed by atoms with Crippen molar-refractivity contribution in [3.8, 4) is 5.75 Å². The molecule has 3 rings (SSSR count). The molecule has 0 saturated carbocycles. The molecule has 1 aromatic carbocycles. The Hall–Kier alpha value is -2.45. The molecule has 0 bridgehead atoms. The van der Waals surface area contributed by atoms with E-state index in [4.69, 9.17) is 10.5 Å². The maximum Gasteiger partial charge on any atom is 0.268 e. The molecule has 2 aromatic rings. The molecule has 1 aliphatic heterocycles.